The third-order valence-electron chi connectivity index (χ3n) is 3.70. The van der Waals surface area contributed by atoms with Crippen molar-refractivity contribution in [1.82, 2.24) is 0 Å². The lowest BCUT2D eigenvalue weighted by Gasteiger charge is -2.30. The predicted molar refractivity (Wildman–Crippen MR) is 158 cm³/mol. The van der Waals surface area contributed by atoms with Crippen molar-refractivity contribution >= 4 is 151 Å². The van der Waals surface area contributed by atoms with E-state index in [-0.39, 0.29) is 13.2 Å². The van der Waals surface area contributed by atoms with Crippen LogP contribution in [0.5, 0.6) is 11.5 Å². The molecule has 0 bridgehead atoms. The van der Waals surface area contributed by atoms with Crippen LogP contribution in [-0.4, -0.2) is 31.9 Å². The maximum absolute atomic E-state index is 6.32. The van der Waals surface area contributed by atoms with E-state index in [1.165, 1.54) is 0 Å². The summed E-state index contributed by atoms with van der Waals surface area (Å²) in [5, 5.41) is 0. The molecule has 0 radical (unpaired) electrons. The highest BCUT2D eigenvalue weighted by Gasteiger charge is 2.53. The summed E-state index contributed by atoms with van der Waals surface area (Å²) in [6.45, 7) is 0.249. The third kappa shape index (κ3) is 9.79. The standard InChI is InChI=1S/C18H14Br6Cl4O4Si/c19-9-1-3-11(17(23)15(9)21)31-33(29-7-5-13(25)26,30-8-6-14(27)28)32-12-4-2-10(20)16(22)18(12)24/h1-4,13-14H,5-8H2. The van der Waals surface area contributed by atoms with Crippen LogP contribution in [-0.2, 0) is 8.85 Å². The largest absolute Gasteiger partial charge is 0.820 e. The van der Waals surface area contributed by atoms with Gasteiger partial charge in [0.2, 0.25) is 0 Å². The summed E-state index contributed by atoms with van der Waals surface area (Å²) in [6, 6.07) is 7.13. The van der Waals surface area contributed by atoms with Crippen LogP contribution in [0.15, 0.2) is 51.1 Å². The molecule has 0 aliphatic carbocycles. The second-order valence-electron chi connectivity index (χ2n) is 6.11. The quantitative estimate of drug-likeness (QED) is 0.121. The average Bonchev–Trinajstić information content (AvgIpc) is 2.74. The number of hydrogen-bond donors (Lipinski definition) is 0. The van der Waals surface area contributed by atoms with Gasteiger partial charge in [0.25, 0.3) is 0 Å². The van der Waals surface area contributed by atoms with Crippen molar-refractivity contribution in [3.63, 3.8) is 0 Å². The van der Waals surface area contributed by atoms with E-state index in [1.807, 2.05) is 12.1 Å². The van der Waals surface area contributed by atoms with Crippen LogP contribution in [0.1, 0.15) is 12.8 Å². The predicted octanol–water partition coefficient (Wildman–Crippen LogP) is 10.6. The first-order chi connectivity index (χ1) is 15.5. The second-order valence-corrected chi connectivity index (χ2v) is 15.5. The molecule has 0 unspecified atom stereocenters. The highest BCUT2D eigenvalue weighted by Crippen LogP contribution is 2.42. The van der Waals surface area contributed by atoms with Crippen molar-refractivity contribution < 1.29 is 17.7 Å². The minimum absolute atomic E-state index is 0.125. The minimum atomic E-state index is -3.92. The Morgan fingerprint density at radius 1 is 0.606 bits per heavy atom. The monoisotopic (exact) mass is 935 g/mol. The molecule has 0 fully saturated rings. The van der Waals surface area contributed by atoms with Gasteiger partial charge in [0, 0.05) is 31.1 Å². The molecule has 0 saturated carbocycles. The summed E-state index contributed by atoms with van der Waals surface area (Å²) in [6.07, 6.45) is 0.663. The molecule has 0 aliphatic rings. The lowest BCUT2D eigenvalue weighted by Crippen LogP contribution is -2.55. The molecule has 0 aromatic heterocycles. The highest BCUT2D eigenvalue weighted by molar-refractivity contribution is 9.15. The zero-order valence-electron chi connectivity index (χ0n) is 16.2. The van der Waals surface area contributed by atoms with E-state index in [0.717, 1.165) is 17.9 Å². The molecule has 4 nitrogen and oxygen atoms in total. The van der Waals surface area contributed by atoms with Gasteiger partial charge < -0.3 is 17.7 Å². The molecular formula is C18H14Br6Cl4O4Si. The van der Waals surface area contributed by atoms with Gasteiger partial charge in [-0.2, -0.15) is 0 Å². The van der Waals surface area contributed by atoms with E-state index in [2.05, 4.69) is 95.6 Å². The molecule has 184 valence electrons. The maximum atomic E-state index is 6.32. The number of rotatable bonds is 12. The van der Waals surface area contributed by atoms with Crippen LogP contribution in [0, 0.1) is 0 Å². The number of benzene rings is 2. The van der Waals surface area contributed by atoms with E-state index < -0.39 is 18.7 Å². The zero-order valence-corrected chi connectivity index (χ0v) is 29.7. The van der Waals surface area contributed by atoms with Crippen LogP contribution >= 0.6 is 142 Å². The normalized spacial score (nSPS) is 12.0. The summed E-state index contributed by atoms with van der Waals surface area (Å²) >= 11 is 44.6. The van der Waals surface area contributed by atoms with Crippen LogP contribution in [0.2, 0.25) is 0 Å². The summed E-state index contributed by atoms with van der Waals surface area (Å²) in [7, 11) is -3.92. The Balaban J connectivity index is 2.50. The van der Waals surface area contributed by atoms with Crippen LogP contribution < -0.4 is 8.85 Å². The van der Waals surface area contributed by atoms with Gasteiger partial charge in [-0.25, -0.2) is 0 Å². The molecule has 0 N–H and O–H groups in total. The number of halogens is 10. The van der Waals surface area contributed by atoms with E-state index in [1.54, 1.807) is 12.1 Å². The maximum Gasteiger partial charge on any atom is 0.820 e. The smallest absolute Gasteiger partial charge is 0.470 e. The average molecular weight is 944 g/mol. The number of hydrogen-bond acceptors (Lipinski definition) is 4. The van der Waals surface area contributed by atoms with E-state index in [9.17, 15) is 0 Å². The van der Waals surface area contributed by atoms with Gasteiger partial charge in [0.1, 0.15) is 21.2 Å². The van der Waals surface area contributed by atoms with Gasteiger partial charge in [-0.15, -0.1) is 46.4 Å². The fourth-order valence-corrected chi connectivity index (χ4v) is 7.50. The topological polar surface area (TPSA) is 36.9 Å². The Morgan fingerprint density at radius 2 is 0.970 bits per heavy atom. The summed E-state index contributed by atoms with van der Waals surface area (Å²) in [5.41, 5.74) is 0. The Morgan fingerprint density at radius 3 is 1.30 bits per heavy atom. The molecule has 2 aromatic carbocycles. The van der Waals surface area contributed by atoms with Crippen molar-refractivity contribution in [3.05, 3.63) is 51.1 Å². The molecule has 2 aromatic rings. The first-order valence-electron chi connectivity index (χ1n) is 8.95. The lowest BCUT2D eigenvalue weighted by molar-refractivity contribution is 0.0402. The molecule has 2 rings (SSSR count). The van der Waals surface area contributed by atoms with Gasteiger partial charge in [-0.3, -0.25) is 0 Å². The SMILES string of the molecule is ClC(Cl)CCO[Si](OCCC(Cl)Cl)(Oc1ccc(Br)c(Br)c1Br)Oc1ccc(Br)c(Br)c1Br. The summed E-state index contributed by atoms with van der Waals surface area (Å²) in [5.74, 6) is 0.872. The molecule has 0 atom stereocenters. The molecule has 0 amide bonds. The Hall–Kier alpha value is 2.22. The molecular weight excluding hydrogens is 930 g/mol. The van der Waals surface area contributed by atoms with Crippen LogP contribution in [0.3, 0.4) is 0 Å². The zero-order chi connectivity index (χ0) is 24.8. The Bertz CT molecular complexity index is 881. The Labute approximate surface area is 263 Å². The van der Waals surface area contributed by atoms with Crippen molar-refractivity contribution in [3.8, 4) is 11.5 Å². The fourth-order valence-electron chi connectivity index (χ4n) is 2.17. The van der Waals surface area contributed by atoms with Gasteiger partial charge in [0.15, 0.2) is 0 Å². The molecule has 0 saturated heterocycles. The summed E-state index contributed by atoms with van der Waals surface area (Å²) < 4.78 is 29.3. The lowest BCUT2D eigenvalue weighted by atomic mass is 10.3. The number of alkyl halides is 4. The van der Waals surface area contributed by atoms with Gasteiger partial charge in [-0.1, -0.05) is 0 Å². The molecule has 15 heteroatoms. The first kappa shape index (κ1) is 31.4. The van der Waals surface area contributed by atoms with Crippen LogP contribution in [0.25, 0.3) is 0 Å². The Kier molecular flexibility index (Phi) is 14.3. The van der Waals surface area contributed by atoms with E-state index >= 15 is 0 Å². The summed E-state index contributed by atoms with van der Waals surface area (Å²) in [4.78, 5) is -1.26. The second kappa shape index (κ2) is 15.0. The van der Waals surface area contributed by atoms with Crippen LogP contribution in [0.4, 0.5) is 0 Å². The van der Waals surface area contributed by atoms with E-state index in [4.69, 9.17) is 64.1 Å². The van der Waals surface area contributed by atoms with Gasteiger partial charge in [0.05, 0.1) is 8.95 Å². The highest BCUT2D eigenvalue weighted by atomic mass is 79.9. The van der Waals surface area contributed by atoms with E-state index in [0.29, 0.717) is 33.3 Å². The van der Waals surface area contributed by atoms with Crippen molar-refractivity contribution in [2.75, 3.05) is 13.2 Å². The molecule has 0 aliphatic heterocycles. The van der Waals surface area contributed by atoms with Crippen molar-refractivity contribution in [2.45, 2.75) is 22.5 Å². The fraction of sp³-hybridized carbons (Fsp3) is 0.333. The minimum Gasteiger partial charge on any atom is -0.470 e. The first-order valence-corrected chi connectivity index (χ1v) is 17.1. The van der Waals surface area contributed by atoms with Gasteiger partial charge in [-0.05, 0) is 133 Å². The molecule has 0 heterocycles. The third-order valence-corrected chi connectivity index (χ3v) is 13.3. The molecule has 0 spiro atoms. The molecule has 33 heavy (non-hydrogen) atoms. The van der Waals surface area contributed by atoms with Gasteiger partial charge >= 0.3 is 9.05 Å². The van der Waals surface area contributed by atoms with Crippen molar-refractivity contribution in [1.29, 1.82) is 0 Å². The van der Waals surface area contributed by atoms with Crippen molar-refractivity contribution in [2.24, 2.45) is 0 Å².